The maximum atomic E-state index is 13.0. The highest BCUT2D eigenvalue weighted by Gasteiger charge is 2.22. The fourth-order valence-electron chi connectivity index (χ4n) is 11.8. The fraction of sp³-hybridized carbons (Fsp3) is 0.910. The average Bonchev–Trinajstić information content (AvgIpc) is 3.56. The summed E-state index contributed by atoms with van der Waals surface area (Å²) in [4.78, 5) is 37.5. The minimum absolute atomic E-state index is 0.152. The number of allylic oxidation sites excluding steroid dienone is 4. The molecule has 0 aromatic rings. The van der Waals surface area contributed by atoms with E-state index in [-0.39, 0.29) is 32.2 Å². The van der Waals surface area contributed by atoms with Crippen molar-refractivity contribution >= 4 is 17.9 Å². The van der Waals surface area contributed by atoms with Crippen molar-refractivity contribution in [3.63, 3.8) is 0 Å². The lowest BCUT2D eigenvalue weighted by Crippen LogP contribution is -2.44. The van der Waals surface area contributed by atoms with E-state index in [2.05, 4.69) is 38.2 Å². The number of ether oxygens (including phenoxy) is 4. The van der Waals surface area contributed by atoms with E-state index in [1.807, 2.05) is 21.1 Å². The number of rotatable bonds is 73. The number of unbranched alkanes of at least 4 members (excludes halogenated alkanes) is 54. The molecule has 0 radical (unpaired) electrons. The van der Waals surface area contributed by atoms with Gasteiger partial charge in [-0.25, -0.2) is 0 Å². The smallest absolute Gasteiger partial charge is 0.306 e. The van der Waals surface area contributed by atoms with Crippen LogP contribution in [0, 0.1) is 0 Å². The number of likely N-dealkylation sites (N-methyl/N-ethyl adjacent to an activating group) is 1. The molecule has 0 saturated heterocycles. The summed E-state index contributed by atoms with van der Waals surface area (Å²) >= 11 is 0. The molecular weight excluding hydrogens is 1080 g/mol. The van der Waals surface area contributed by atoms with E-state index in [1.54, 1.807) is 0 Å². The van der Waals surface area contributed by atoms with Crippen LogP contribution in [0.15, 0.2) is 24.3 Å². The Hall–Kier alpha value is -2.23. The molecule has 514 valence electrons. The zero-order chi connectivity index (χ0) is 63.3. The lowest BCUT2D eigenvalue weighted by molar-refractivity contribution is -0.870. The van der Waals surface area contributed by atoms with Gasteiger partial charge in [0.2, 0.25) is 0 Å². The Bertz CT molecular complexity index is 1480. The van der Waals surface area contributed by atoms with Crippen LogP contribution in [-0.2, 0) is 33.3 Å². The van der Waals surface area contributed by atoms with Crippen LogP contribution in [0.4, 0.5) is 0 Å². The van der Waals surface area contributed by atoms with Crippen LogP contribution >= 0.6 is 0 Å². The van der Waals surface area contributed by atoms with Crippen molar-refractivity contribution in [3.05, 3.63) is 24.3 Å². The first-order valence-corrected chi connectivity index (χ1v) is 38.5. The monoisotopic (exact) mass is 1230 g/mol. The van der Waals surface area contributed by atoms with Gasteiger partial charge in [0.05, 0.1) is 40.3 Å². The maximum Gasteiger partial charge on any atom is 0.306 e. The first kappa shape index (κ1) is 84.8. The summed E-state index contributed by atoms with van der Waals surface area (Å²) in [6, 6.07) is 0. The van der Waals surface area contributed by atoms with Crippen LogP contribution in [0.3, 0.4) is 0 Å². The third-order valence-corrected chi connectivity index (χ3v) is 17.7. The third-order valence-electron chi connectivity index (χ3n) is 17.7. The van der Waals surface area contributed by atoms with Gasteiger partial charge in [-0.3, -0.25) is 9.59 Å². The molecule has 2 atom stereocenters. The zero-order valence-corrected chi connectivity index (χ0v) is 58.9. The van der Waals surface area contributed by atoms with E-state index in [9.17, 15) is 19.5 Å². The van der Waals surface area contributed by atoms with Gasteiger partial charge in [0.1, 0.15) is 13.2 Å². The third kappa shape index (κ3) is 71.1. The number of carbonyl (C=O) groups excluding carboxylic acids is 3. The van der Waals surface area contributed by atoms with E-state index in [0.29, 0.717) is 17.4 Å². The van der Waals surface area contributed by atoms with Gasteiger partial charge in [-0.05, 0) is 64.2 Å². The van der Waals surface area contributed by atoms with Crippen LogP contribution < -0.4 is 5.11 Å². The summed E-state index contributed by atoms with van der Waals surface area (Å²) in [7, 11) is 5.95. The number of aliphatic carboxylic acids is 1. The first-order chi connectivity index (χ1) is 42.6. The molecule has 0 aromatic carbocycles. The topological polar surface area (TPSA) is 111 Å². The Morgan fingerprint density at radius 2 is 0.586 bits per heavy atom. The second-order valence-corrected chi connectivity index (χ2v) is 27.6. The van der Waals surface area contributed by atoms with Gasteiger partial charge in [-0.15, -0.1) is 0 Å². The first-order valence-electron chi connectivity index (χ1n) is 38.5. The van der Waals surface area contributed by atoms with Gasteiger partial charge in [0.15, 0.2) is 12.4 Å². The van der Waals surface area contributed by atoms with Crippen molar-refractivity contribution in [1.82, 2.24) is 0 Å². The summed E-state index contributed by atoms with van der Waals surface area (Å²) in [5, 5.41) is 11.8. The average molecular weight is 1230 g/mol. The highest BCUT2D eigenvalue weighted by atomic mass is 16.7. The Kier molecular flexibility index (Phi) is 67.9. The molecule has 0 aliphatic carbocycles. The highest BCUT2D eigenvalue weighted by Crippen LogP contribution is 2.19. The van der Waals surface area contributed by atoms with E-state index >= 15 is 0 Å². The standard InChI is InChI=1S/C78H149NO8/c1-6-8-10-12-14-16-18-20-22-24-26-28-30-32-34-35-36-37-38-39-40-41-43-45-47-49-51-53-55-57-59-61-63-65-67-69-76(81)87-74(73-86-78(77(82)83)84-71-70-79(3,4)5)72-85-75(80)68-66-64-62-60-58-56-54-52-50-48-46-44-42-33-31-29-27-25-23-21-19-17-15-13-11-9-7-2/h24-27,74,78H,6-23,28-73H2,1-5H3/b26-24-,27-25-. The molecular formula is C78H149NO8. The fourth-order valence-corrected chi connectivity index (χ4v) is 11.8. The number of carboxylic acids is 1. The minimum atomic E-state index is -1.62. The quantitative estimate of drug-likeness (QED) is 0.0195. The number of quaternary nitrogens is 1. The molecule has 0 aliphatic heterocycles. The van der Waals surface area contributed by atoms with Gasteiger partial charge in [-0.2, -0.15) is 0 Å². The summed E-state index contributed by atoms with van der Waals surface area (Å²) in [5.74, 6) is -2.25. The number of nitrogens with zero attached hydrogens (tertiary/aromatic N) is 1. The molecule has 0 heterocycles. The minimum Gasteiger partial charge on any atom is -0.545 e. The summed E-state index contributed by atoms with van der Waals surface area (Å²) < 4.78 is 22.9. The summed E-state index contributed by atoms with van der Waals surface area (Å²) in [6.07, 6.45) is 84.4. The number of carbonyl (C=O) groups is 3. The second-order valence-electron chi connectivity index (χ2n) is 27.6. The number of carboxylic acid groups (broad SMARTS) is 1. The molecule has 0 spiro atoms. The van der Waals surface area contributed by atoms with Crippen LogP contribution in [-0.4, -0.2) is 82.3 Å². The molecule has 9 heteroatoms. The highest BCUT2D eigenvalue weighted by molar-refractivity contribution is 5.70. The number of esters is 2. The van der Waals surface area contributed by atoms with Crippen LogP contribution in [0.2, 0.25) is 0 Å². The van der Waals surface area contributed by atoms with E-state index in [1.165, 1.54) is 334 Å². The molecule has 0 amide bonds. The Balaban J connectivity index is 3.99. The van der Waals surface area contributed by atoms with Crippen molar-refractivity contribution < 1.29 is 42.9 Å². The Labute approximate surface area is 541 Å². The van der Waals surface area contributed by atoms with Crippen LogP contribution in [0.25, 0.3) is 0 Å². The van der Waals surface area contributed by atoms with Crippen molar-refractivity contribution in [1.29, 1.82) is 0 Å². The molecule has 0 bridgehead atoms. The SMILES string of the molecule is CCCCCCCCCC/C=C\CCCCCCCCCCCCCCCCCCCCCCCCCC(=O)OC(COC(=O)CCCCCCCCCCCCCCCCC/C=C\CCCCCCCCCC)COC(OCC[N+](C)(C)C)C(=O)[O-]. The summed E-state index contributed by atoms with van der Waals surface area (Å²) in [5.41, 5.74) is 0. The lowest BCUT2D eigenvalue weighted by atomic mass is 10.0. The predicted molar refractivity (Wildman–Crippen MR) is 371 cm³/mol. The molecule has 0 saturated carbocycles. The summed E-state index contributed by atoms with van der Waals surface area (Å²) in [6.45, 7) is 4.83. The van der Waals surface area contributed by atoms with E-state index in [0.717, 1.165) is 38.5 Å². The van der Waals surface area contributed by atoms with E-state index in [4.69, 9.17) is 18.9 Å². The molecule has 0 rings (SSSR count). The Morgan fingerprint density at radius 3 is 0.851 bits per heavy atom. The molecule has 0 aromatic heterocycles. The van der Waals surface area contributed by atoms with Crippen molar-refractivity contribution in [2.45, 2.75) is 411 Å². The second kappa shape index (κ2) is 69.7. The molecule has 0 N–H and O–H groups in total. The normalized spacial score (nSPS) is 12.7. The van der Waals surface area contributed by atoms with Gasteiger partial charge in [-0.1, -0.05) is 346 Å². The Morgan fingerprint density at radius 1 is 0.333 bits per heavy atom. The van der Waals surface area contributed by atoms with Gasteiger partial charge in [0.25, 0.3) is 0 Å². The lowest BCUT2D eigenvalue weighted by Gasteiger charge is -2.26. The molecule has 0 fully saturated rings. The van der Waals surface area contributed by atoms with Gasteiger partial charge in [0, 0.05) is 12.8 Å². The number of hydrogen-bond donors (Lipinski definition) is 0. The van der Waals surface area contributed by atoms with Gasteiger partial charge >= 0.3 is 11.9 Å². The predicted octanol–water partition coefficient (Wildman–Crippen LogP) is 22.8. The largest absolute Gasteiger partial charge is 0.545 e. The van der Waals surface area contributed by atoms with Crippen LogP contribution in [0.1, 0.15) is 399 Å². The van der Waals surface area contributed by atoms with Crippen molar-refractivity contribution in [3.8, 4) is 0 Å². The number of hydrogen-bond acceptors (Lipinski definition) is 8. The molecule has 0 aliphatic rings. The van der Waals surface area contributed by atoms with Crippen molar-refractivity contribution in [2.24, 2.45) is 0 Å². The molecule has 2 unspecified atom stereocenters. The molecule has 9 nitrogen and oxygen atoms in total. The van der Waals surface area contributed by atoms with Gasteiger partial charge < -0.3 is 33.3 Å². The zero-order valence-electron chi connectivity index (χ0n) is 58.9. The van der Waals surface area contributed by atoms with E-state index < -0.39 is 24.3 Å². The maximum absolute atomic E-state index is 13.0. The molecule has 87 heavy (non-hydrogen) atoms. The van der Waals surface area contributed by atoms with Crippen LogP contribution in [0.5, 0.6) is 0 Å². The van der Waals surface area contributed by atoms with Crippen molar-refractivity contribution in [2.75, 3.05) is 47.5 Å².